The molecular weight excluding hydrogens is 330 g/mol. The summed E-state index contributed by atoms with van der Waals surface area (Å²) in [6.45, 7) is 6.50. The molecule has 0 saturated carbocycles. The minimum Gasteiger partial charge on any atom is -0.494 e. The lowest BCUT2D eigenvalue weighted by Gasteiger charge is -2.10. The molecule has 3 nitrogen and oxygen atoms in total. The Labute approximate surface area is 134 Å². The molecule has 0 aliphatic rings. The van der Waals surface area contributed by atoms with E-state index in [0.29, 0.717) is 6.61 Å². The molecule has 2 aromatic carbocycles. The summed E-state index contributed by atoms with van der Waals surface area (Å²) in [4.78, 5) is 0. The summed E-state index contributed by atoms with van der Waals surface area (Å²) in [6, 6.07) is 13.7. The van der Waals surface area contributed by atoms with Crippen molar-refractivity contribution in [1.82, 2.24) is 5.32 Å². The van der Waals surface area contributed by atoms with E-state index in [4.69, 9.17) is 9.47 Å². The highest BCUT2D eigenvalue weighted by atomic mass is 79.9. The summed E-state index contributed by atoms with van der Waals surface area (Å²) in [6.07, 6.45) is 0. The molecule has 0 aliphatic heterocycles. The summed E-state index contributed by atoms with van der Waals surface area (Å²) in [5, 5.41) is 3.31. The van der Waals surface area contributed by atoms with Crippen molar-refractivity contribution in [2.24, 2.45) is 0 Å². The van der Waals surface area contributed by atoms with Crippen molar-refractivity contribution in [2.75, 3.05) is 13.2 Å². The Balaban J connectivity index is 2.09. The molecule has 21 heavy (non-hydrogen) atoms. The molecule has 0 aliphatic carbocycles. The molecule has 4 heteroatoms. The van der Waals surface area contributed by atoms with Gasteiger partial charge in [0.1, 0.15) is 17.2 Å². The molecule has 2 rings (SSSR count). The number of rotatable bonds is 7. The van der Waals surface area contributed by atoms with E-state index < -0.39 is 0 Å². The first-order valence-electron chi connectivity index (χ1n) is 7.12. The Morgan fingerprint density at radius 2 is 1.76 bits per heavy atom. The Morgan fingerprint density at radius 1 is 1.00 bits per heavy atom. The summed E-state index contributed by atoms with van der Waals surface area (Å²) < 4.78 is 12.4. The Morgan fingerprint density at radius 3 is 2.48 bits per heavy atom. The lowest BCUT2D eigenvalue weighted by Crippen LogP contribution is -2.11. The molecule has 0 fully saturated rings. The minimum atomic E-state index is 0.647. The topological polar surface area (TPSA) is 30.5 Å². The highest BCUT2D eigenvalue weighted by Crippen LogP contribution is 2.29. The molecule has 0 atom stereocenters. The number of hydrogen-bond acceptors (Lipinski definition) is 3. The zero-order chi connectivity index (χ0) is 15.1. The van der Waals surface area contributed by atoms with Crippen LogP contribution in [0, 0.1) is 0 Å². The van der Waals surface area contributed by atoms with Gasteiger partial charge >= 0.3 is 0 Å². The van der Waals surface area contributed by atoms with Crippen LogP contribution in [0.3, 0.4) is 0 Å². The van der Waals surface area contributed by atoms with Gasteiger partial charge in [-0.15, -0.1) is 0 Å². The van der Waals surface area contributed by atoms with E-state index in [9.17, 15) is 0 Å². The van der Waals surface area contributed by atoms with E-state index in [1.165, 1.54) is 5.56 Å². The third kappa shape index (κ3) is 4.76. The van der Waals surface area contributed by atoms with Gasteiger partial charge in [-0.3, -0.25) is 0 Å². The van der Waals surface area contributed by atoms with Crippen molar-refractivity contribution in [1.29, 1.82) is 0 Å². The third-order valence-corrected chi connectivity index (χ3v) is 3.68. The number of ether oxygens (including phenoxy) is 2. The van der Waals surface area contributed by atoms with Crippen molar-refractivity contribution in [2.45, 2.75) is 20.4 Å². The van der Waals surface area contributed by atoms with Gasteiger partial charge in [-0.2, -0.15) is 0 Å². The number of halogens is 1. The zero-order valence-corrected chi connectivity index (χ0v) is 13.9. The van der Waals surface area contributed by atoms with Gasteiger partial charge < -0.3 is 14.8 Å². The summed E-state index contributed by atoms with van der Waals surface area (Å²) in [7, 11) is 0. The fraction of sp³-hybridized carbons (Fsp3) is 0.294. The van der Waals surface area contributed by atoms with Gasteiger partial charge in [0.05, 0.1) is 6.61 Å². The van der Waals surface area contributed by atoms with Gasteiger partial charge in [-0.05, 0) is 43.3 Å². The third-order valence-electron chi connectivity index (χ3n) is 2.94. The number of hydrogen-bond donors (Lipinski definition) is 1. The fourth-order valence-electron chi connectivity index (χ4n) is 1.92. The monoisotopic (exact) mass is 349 g/mol. The molecule has 0 amide bonds. The highest BCUT2D eigenvalue weighted by Gasteiger charge is 2.04. The quantitative estimate of drug-likeness (QED) is 0.782. The van der Waals surface area contributed by atoms with Gasteiger partial charge in [0, 0.05) is 17.1 Å². The van der Waals surface area contributed by atoms with Crippen LogP contribution in [0.4, 0.5) is 0 Å². The lowest BCUT2D eigenvalue weighted by atomic mass is 10.2. The van der Waals surface area contributed by atoms with Crippen LogP contribution < -0.4 is 14.8 Å². The van der Waals surface area contributed by atoms with Crippen LogP contribution in [0.2, 0.25) is 0 Å². The van der Waals surface area contributed by atoms with Crippen LogP contribution in [-0.4, -0.2) is 13.2 Å². The van der Waals surface area contributed by atoms with Crippen LogP contribution in [-0.2, 0) is 6.54 Å². The van der Waals surface area contributed by atoms with Gasteiger partial charge in [-0.25, -0.2) is 0 Å². The van der Waals surface area contributed by atoms with E-state index in [0.717, 1.165) is 34.8 Å². The molecule has 0 saturated heterocycles. The molecule has 112 valence electrons. The maximum Gasteiger partial charge on any atom is 0.131 e. The van der Waals surface area contributed by atoms with Crippen LogP contribution in [0.5, 0.6) is 17.2 Å². The molecular formula is C17H20BrNO2. The maximum absolute atomic E-state index is 5.88. The normalized spacial score (nSPS) is 10.4. The first-order chi connectivity index (χ1) is 10.2. The largest absolute Gasteiger partial charge is 0.494 e. The van der Waals surface area contributed by atoms with Crippen molar-refractivity contribution in [3.63, 3.8) is 0 Å². The van der Waals surface area contributed by atoms with Crippen molar-refractivity contribution in [3.8, 4) is 17.2 Å². The Hall–Kier alpha value is -1.52. The second-order valence-corrected chi connectivity index (χ2v) is 5.40. The van der Waals surface area contributed by atoms with Crippen molar-refractivity contribution < 1.29 is 9.47 Å². The fourth-order valence-corrected chi connectivity index (χ4v) is 2.42. The molecule has 2 aromatic rings. The van der Waals surface area contributed by atoms with Gasteiger partial charge in [0.15, 0.2) is 0 Å². The van der Waals surface area contributed by atoms with Gasteiger partial charge in [0.2, 0.25) is 0 Å². The molecule has 0 aromatic heterocycles. The van der Waals surface area contributed by atoms with Crippen LogP contribution in [0.25, 0.3) is 0 Å². The molecule has 0 unspecified atom stereocenters. The summed E-state index contributed by atoms with van der Waals surface area (Å²) >= 11 is 3.59. The zero-order valence-electron chi connectivity index (χ0n) is 12.4. The number of benzene rings is 2. The summed E-state index contributed by atoms with van der Waals surface area (Å²) in [5.41, 5.74) is 1.22. The lowest BCUT2D eigenvalue weighted by molar-refractivity contribution is 0.338. The van der Waals surface area contributed by atoms with Crippen molar-refractivity contribution >= 4 is 15.9 Å². The van der Waals surface area contributed by atoms with Crippen LogP contribution in [0.15, 0.2) is 46.9 Å². The maximum atomic E-state index is 5.88. The molecule has 0 radical (unpaired) electrons. The first kappa shape index (κ1) is 15.9. The van der Waals surface area contributed by atoms with E-state index in [1.807, 2.05) is 43.3 Å². The predicted octanol–water partition coefficient (Wildman–Crippen LogP) is 4.75. The standard InChI is InChI=1S/C17H20BrNO2/c1-3-19-12-13-8-9-16(11-17(13)18)21-15-7-5-6-14(10-15)20-4-2/h5-11,19H,3-4,12H2,1-2H3. The molecule has 0 heterocycles. The van der Waals surface area contributed by atoms with Gasteiger partial charge in [0.25, 0.3) is 0 Å². The highest BCUT2D eigenvalue weighted by molar-refractivity contribution is 9.10. The number of nitrogens with one attached hydrogen (secondary N) is 1. The molecule has 0 bridgehead atoms. The Bertz CT molecular complexity index is 587. The Kier molecular flexibility index (Phi) is 6.08. The van der Waals surface area contributed by atoms with E-state index >= 15 is 0 Å². The van der Waals surface area contributed by atoms with E-state index in [2.05, 4.69) is 34.2 Å². The average molecular weight is 350 g/mol. The average Bonchev–Trinajstić information content (AvgIpc) is 2.47. The second kappa shape index (κ2) is 8.05. The summed E-state index contributed by atoms with van der Waals surface area (Å²) in [5.74, 6) is 2.39. The van der Waals surface area contributed by atoms with E-state index in [-0.39, 0.29) is 0 Å². The second-order valence-electron chi connectivity index (χ2n) is 4.54. The SMILES string of the molecule is CCNCc1ccc(Oc2cccc(OCC)c2)cc1Br. The van der Waals surface area contributed by atoms with Crippen molar-refractivity contribution in [3.05, 3.63) is 52.5 Å². The molecule has 1 N–H and O–H groups in total. The predicted molar refractivity (Wildman–Crippen MR) is 89.2 cm³/mol. The smallest absolute Gasteiger partial charge is 0.131 e. The van der Waals surface area contributed by atoms with Crippen LogP contribution >= 0.6 is 15.9 Å². The minimum absolute atomic E-state index is 0.647. The van der Waals surface area contributed by atoms with E-state index in [1.54, 1.807) is 0 Å². The van der Waals surface area contributed by atoms with Gasteiger partial charge in [-0.1, -0.05) is 35.0 Å². The molecule has 0 spiro atoms. The van der Waals surface area contributed by atoms with Crippen LogP contribution in [0.1, 0.15) is 19.4 Å². The first-order valence-corrected chi connectivity index (χ1v) is 7.92.